The molecule has 3 heteroatoms. The molecule has 0 amide bonds. The fourth-order valence-electron chi connectivity index (χ4n) is 2.30. The normalized spacial score (nSPS) is 15.1. The molecule has 80 valence electrons. The predicted molar refractivity (Wildman–Crippen MR) is 63.4 cm³/mol. The minimum absolute atomic E-state index is 0.124. The SMILES string of the molecule is Nc1c2c(nc3ccccc13)C(=O)CCC2. The molecule has 0 saturated carbocycles. The molecule has 2 aromatic rings. The van der Waals surface area contributed by atoms with Gasteiger partial charge in [0.2, 0.25) is 0 Å². The number of fused-ring (bicyclic) bond motifs is 2. The number of hydrogen-bond acceptors (Lipinski definition) is 3. The monoisotopic (exact) mass is 212 g/mol. The van der Waals surface area contributed by atoms with E-state index in [1.165, 1.54) is 0 Å². The summed E-state index contributed by atoms with van der Waals surface area (Å²) >= 11 is 0. The quantitative estimate of drug-likeness (QED) is 0.729. The predicted octanol–water partition coefficient (Wildman–Crippen LogP) is 2.34. The molecule has 0 radical (unpaired) electrons. The summed E-state index contributed by atoms with van der Waals surface area (Å²) in [5.74, 6) is 0.124. The summed E-state index contributed by atoms with van der Waals surface area (Å²) in [6.07, 6.45) is 2.35. The van der Waals surface area contributed by atoms with Gasteiger partial charge in [-0.25, -0.2) is 4.98 Å². The van der Waals surface area contributed by atoms with Crippen molar-refractivity contribution in [1.29, 1.82) is 0 Å². The average Bonchev–Trinajstić information content (AvgIpc) is 2.31. The van der Waals surface area contributed by atoms with Gasteiger partial charge in [0.05, 0.1) is 5.52 Å². The third-order valence-corrected chi connectivity index (χ3v) is 3.13. The first kappa shape index (κ1) is 9.33. The highest BCUT2D eigenvalue weighted by molar-refractivity contribution is 6.03. The van der Waals surface area contributed by atoms with E-state index in [2.05, 4.69) is 4.98 Å². The summed E-state index contributed by atoms with van der Waals surface area (Å²) in [6, 6.07) is 7.71. The van der Waals surface area contributed by atoms with Gasteiger partial charge in [0.25, 0.3) is 0 Å². The molecule has 0 saturated heterocycles. The molecule has 3 nitrogen and oxygen atoms in total. The lowest BCUT2D eigenvalue weighted by Gasteiger charge is -2.17. The van der Waals surface area contributed by atoms with Crippen LogP contribution in [0.4, 0.5) is 5.69 Å². The third kappa shape index (κ3) is 1.21. The van der Waals surface area contributed by atoms with Crippen molar-refractivity contribution in [3.63, 3.8) is 0 Å². The van der Waals surface area contributed by atoms with Crippen LogP contribution in [0.1, 0.15) is 28.9 Å². The number of ketones is 1. The number of benzene rings is 1. The summed E-state index contributed by atoms with van der Waals surface area (Å²) in [5.41, 5.74) is 9.18. The lowest BCUT2D eigenvalue weighted by molar-refractivity contribution is 0.0968. The van der Waals surface area contributed by atoms with Crippen LogP contribution in [-0.2, 0) is 6.42 Å². The highest BCUT2D eigenvalue weighted by atomic mass is 16.1. The first-order valence-electron chi connectivity index (χ1n) is 5.47. The number of Topliss-reactive ketones (excluding diaryl/α,β-unsaturated/α-hetero) is 1. The van der Waals surface area contributed by atoms with Crippen molar-refractivity contribution in [2.45, 2.75) is 19.3 Å². The Hall–Kier alpha value is -1.90. The zero-order valence-electron chi connectivity index (χ0n) is 8.86. The Balaban J connectivity index is 2.40. The zero-order valence-corrected chi connectivity index (χ0v) is 8.86. The second-order valence-electron chi connectivity index (χ2n) is 4.15. The molecule has 0 bridgehead atoms. The van der Waals surface area contributed by atoms with Gasteiger partial charge in [-0.05, 0) is 18.9 Å². The van der Waals surface area contributed by atoms with Gasteiger partial charge in [0.15, 0.2) is 5.78 Å². The van der Waals surface area contributed by atoms with Gasteiger partial charge in [0, 0.05) is 23.1 Å². The Kier molecular flexibility index (Phi) is 1.93. The van der Waals surface area contributed by atoms with Crippen LogP contribution < -0.4 is 5.73 Å². The van der Waals surface area contributed by atoms with Crippen molar-refractivity contribution in [3.05, 3.63) is 35.5 Å². The number of para-hydroxylation sites is 1. The molecule has 0 aliphatic heterocycles. The van der Waals surface area contributed by atoms with Crippen LogP contribution in [0.5, 0.6) is 0 Å². The Morgan fingerprint density at radius 1 is 1.19 bits per heavy atom. The lowest BCUT2D eigenvalue weighted by atomic mass is 9.92. The molecule has 1 aliphatic rings. The van der Waals surface area contributed by atoms with Crippen LogP contribution in [-0.4, -0.2) is 10.8 Å². The smallest absolute Gasteiger partial charge is 0.181 e. The topological polar surface area (TPSA) is 56.0 Å². The van der Waals surface area contributed by atoms with E-state index in [1.807, 2.05) is 24.3 Å². The molecule has 1 aliphatic carbocycles. The van der Waals surface area contributed by atoms with Gasteiger partial charge in [-0.15, -0.1) is 0 Å². The molecule has 16 heavy (non-hydrogen) atoms. The average molecular weight is 212 g/mol. The van der Waals surface area contributed by atoms with E-state index in [0.29, 0.717) is 12.1 Å². The highest BCUT2D eigenvalue weighted by Gasteiger charge is 2.22. The summed E-state index contributed by atoms with van der Waals surface area (Å²) in [6.45, 7) is 0. The lowest BCUT2D eigenvalue weighted by Crippen LogP contribution is -2.15. The number of nitrogen functional groups attached to an aromatic ring is 1. The standard InChI is InChI=1S/C13H12N2O/c14-12-8-4-1-2-6-10(8)15-13-9(12)5-3-7-11(13)16/h1-2,4,6H,3,5,7H2,(H2,14,15). The number of aromatic nitrogens is 1. The van der Waals surface area contributed by atoms with E-state index >= 15 is 0 Å². The molecule has 3 rings (SSSR count). The minimum atomic E-state index is 0.124. The highest BCUT2D eigenvalue weighted by Crippen LogP contribution is 2.30. The molecular formula is C13H12N2O. The van der Waals surface area contributed by atoms with E-state index in [4.69, 9.17) is 5.73 Å². The van der Waals surface area contributed by atoms with Crippen molar-refractivity contribution < 1.29 is 4.79 Å². The van der Waals surface area contributed by atoms with Crippen molar-refractivity contribution in [2.24, 2.45) is 0 Å². The van der Waals surface area contributed by atoms with Crippen molar-refractivity contribution in [2.75, 3.05) is 5.73 Å². The van der Waals surface area contributed by atoms with Gasteiger partial charge in [-0.1, -0.05) is 18.2 Å². The Labute approximate surface area is 93.3 Å². The van der Waals surface area contributed by atoms with Gasteiger partial charge >= 0.3 is 0 Å². The van der Waals surface area contributed by atoms with Gasteiger partial charge in [-0.2, -0.15) is 0 Å². The number of carbonyl (C=O) groups excluding carboxylic acids is 1. The number of nitrogens with two attached hydrogens (primary N) is 1. The van der Waals surface area contributed by atoms with Crippen molar-refractivity contribution in [3.8, 4) is 0 Å². The van der Waals surface area contributed by atoms with Gasteiger partial charge in [-0.3, -0.25) is 4.79 Å². The van der Waals surface area contributed by atoms with Crippen molar-refractivity contribution >= 4 is 22.4 Å². The number of pyridine rings is 1. The van der Waals surface area contributed by atoms with E-state index in [0.717, 1.165) is 35.0 Å². The summed E-state index contributed by atoms with van der Waals surface area (Å²) in [4.78, 5) is 16.2. The van der Waals surface area contributed by atoms with Crippen LogP contribution in [0.3, 0.4) is 0 Å². The Bertz CT molecular complexity index is 590. The molecule has 0 spiro atoms. The molecule has 1 aromatic carbocycles. The fourth-order valence-corrected chi connectivity index (χ4v) is 2.30. The summed E-state index contributed by atoms with van der Waals surface area (Å²) in [5, 5.41) is 0.955. The van der Waals surface area contributed by atoms with Crippen LogP contribution in [0.2, 0.25) is 0 Å². The van der Waals surface area contributed by atoms with Crippen molar-refractivity contribution in [1.82, 2.24) is 4.98 Å². The Morgan fingerprint density at radius 3 is 2.88 bits per heavy atom. The number of anilines is 1. The van der Waals surface area contributed by atoms with Crippen LogP contribution in [0, 0.1) is 0 Å². The van der Waals surface area contributed by atoms with Gasteiger partial charge in [0.1, 0.15) is 5.69 Å². The maximum atomic E-state index is 11.8. The number of nitrogens with zero attached hydrogens (tertiary/aromatic N) is 1. The second-order valence-corrected chi connectivity index (χ2v) is 4.15. The minimum Gasteiger partial charge on any atom is -0.398 e. The summed E-state index contributed by atoms with van der Waals surface area (Å²) < 4.78 is 0. The molecular weight excluding hydrogens is 200 g/mol. The Morgan fingerprint density at radius 2 is 2.00 bits per heavy atom. The molecule has 1 heterocycles. The number of carbonyl (C=O) groups is 1. The molecule has 1 aromatic heterocycles. The van der Waals surface area contributed by atoms with Crippen LogP contribution >= 0.6 is 0 Å². The molecule has 2 N–H and O–H groups in total. The van der Waals surface area contributed by atoms with Gasteiger partial charge < -0.3 is 5.73 Å². The van der Waals surface area contributed by atoms with E-state index in [-0.39, 0.29) is 5.78 Å². The van der Waals surface area contributed by atoms with E-state index < -0.39 is 0 Å². The second kappa shape index (κ2) is 3.30. The third-order valence-electron chi connectivity index (χ3n) is 3.13. The maximum absolute atomic E-state index is 11.8. The fraction of sp³-hybridized carbons (Fsp3) is 0.231. The zero-order chi connectivity index (χ0) is 11.1. The first-order valence-corrected chi connectivity index (χ1v) is 5.47. The number of rotatable bonds is 0. The molecule has 0 fully saturated rings. The molecule has 0 unspecified atom stereocenters. The van der Waals surface area contributed by atoms with Crippen LogP contribution in [0.15, 0.2) is 24.3 Å². The largest absolute Gasteiger partial charge is 0.398 e. The molecule has 0 atom stereocenters. The first-order chi connectivity index (χ1) is 7.77. The maximum Gasteiger partial charge on any atom is 0.181 e. The van der Waals surface area contributed by atoms with E-state index in [9.17, 15) is 4.79 Å². The number of hydrogen-bond donors (Lipinski definition) is 1. The van der Waals surface area contributed by atoms with E-state index in [1.54, 1.807) is 0 Å². The van der Waals surface area contributed by atoms with Crippen LogP contribution in [0.25, 0.3) is 10.9 Å². The summed E-state index contributed by atoms with van der Waals surface area (Å²) in [7, 11) is 0.